The van der Waals surface area contributed by atoms with E-state index in [2.05, 4.69) is 48.9 Å². The van der Waals surface area contributed by atoms with Crippen LogP contribution in [-0.4, -0.2) is 20.7 Å². The van der Waals surface area contributed by atoms with Gasteiger partial charge in [0.05, 0.1) is 7.11 Å². The summed E-state index contributed by atoms with van der Waals surface area (Å²) < 4.78 is 6.83. The fourth-order valence-corrected chi connectivity index (χ4v) is 3.10. The van der Waals surface area contributed by atoms with E-state index in [1.165, 1.54) is 22.3 Å². The van der Waals surface area contributed by atoms with E-state index < -0.39 is 0 Å². The van der Waals surface area contributed by atoms with Gasteiger partial charge in [0, 0.05) is 16.1 Å². The summed E-state index contributed by atoms with van der Waals surface area (Å²) in [5.41, 5.74) is 10.7. The lowest BCUT2D eigenvalue weighted by atomic mass is 9.88. The molecule has 0 spiro atoms. The average molecular weight is 329 g/mol. The van der Waals surface area contributed by atoms with Crippen molar-refractivity contribution in [2.45, 2.75) is 33.7 Å². The third-order valence-electron chi connectivity index (χ3n) is 3.98. The second-order valence-corrected chi connectivity index (χ2v) is 5.91. The van der Waals surface area contributed by atoms with Gasteiger partial charge in [0.1, 0.15) is 5.75 Å². The number of methoxy groups -OCH3 is 1. The van der Waals surface area contributed by atoms with E-state index >= 15 is 0 Å². The maximum absolute atomic E-state index is 5.84. The summed E-state index contributed by atoms with van der Waals surface area (Å²) in [6, 6.07) is 0.190. The van der Waals surface area contributed by atoms with E-state index in [0.717, 1.165) is 10.2 Å². The number of hydrogen-bond donors (Lipinski definition) is 2. The highest BCUT2D eigenvalue weighted by molar-refractivity contribution is 9.10. The molecule has 2 unspecified atom stereocenters. The monoisotopic (exact) mass is 328 g/mol. The van der Waals surface area contributed by atoms with Crippen molar-refractivity contribution in [1.29, 1.82) is 0 Å². The van der Waals surface area contributed by atoms with Crippen molar-refractivity contribution < 1.29 is 4.74 Å². The first-order valence-corrected chi connectivity index (χ1v) is 7.40. The van der Waals surface area contributed by atoms with Gasteiger partial charge in [-0.3, -0.25) is 0 Å². The molecule has 0 heterocycles. The van der Waals surface area contributed by atoms with Crippen molar-refractivity contribution in [3.63, 3.8) is 0 Å². The number of benzene rings is 1. The maximum Gasteiger partial charge on any atom is 0.127 e. The Morgan fingerprint density at radius 3 is 2.21 bits per heavy atom. The van der Waals surface area contributed by atoms with Gasteiger partial charge in [-0.15, -0.1) is 0 Å². The molecule has 0 aliphatic heterocycles. The highest BCUT2D eigenvalue weighted by Gasteiger charge is 2.26. The quantitative estimate of drug-likeness (QED) is 0.872. The van der Waals surface area contributed by atoms with E-state index in [1.54, 1.807) is 7.11 Å². The van der Waals surface area contributed by atoms with Gasteiger partial charge >= 0.3 is 0 Å². The molecule has 0 radical (unpaired) electrons. The molecule has 0 amide bonds. The molecule has 1 rings (SSSR count). The molecule has 1 aromatic carbocycles. The van der Waals surface area contributed by atoms with Crippen LogP contribution in [0.5, 0.6) is 5.75 Å². The first kappa shape index (κ1) is 16.5. The van der Waals surface area contributed by atoms with Crippen molar-refractivity contribution in [2.24, 2.45) is 11.7 Å². The summed E-state index contributed by atoms with van der Waals surface area (Å²) in [5.74, 6) is 1.31. The van der Waals surface area contributed by atoms with Crippen LogP contribution >= 0.6 is 15.9 Å². The summed E-state index contributed by atoms with van der Waals surface area (Å²) in [4.78, 5) is 0. The summed E-state index contributed by atoms with van der Waals surface area (Å²) in [7, 11) is 3.71. The molecule has 19 heavy (non-hydrogen) atoms. The molecular formula is C15H25BrN2O. The van der Waals surface area contributed by atoms with Crippen LogP contribution in [0.15, 0.2) is 4.47 Å². The summed E-state index contributed by atoms with van der Waals surface area (Å²) in [6.45, 7) is 9.13. The molecule has 1 aromatic rings. The van der Waals surface area contributed by atoms with Crippen LogP contribution in [0.3, 0.4) is 0 Å². The van der Waals surface area contributed by atoms with Crippen molar-refractivity contribution in [2.75, 3.05) is 20.7 Å². The first-order valence-electron chi connectivity index (χ1n) is 6.61. The Morgan fingerprint density at radius 2 is 1.79 bits per heavy atom. The van der Waals surface area contributed by atoms with Gasteiger partial charge < -0.3 is 15.8 Å². The molecule has 0 saturated carbocycles. The SMILES string of the molecule is CNC(c1c(C)c(Br)c(C)c(C)c1OC)C(C)CN. The lowest BCUT2D eigenvalue weighted by Crippen LogP contribution is -2.30. The molecule has 2 atom stereocenters. The second-order valence-electron chi connectivity index (χ2n) is 5.12. The molecule has 0 fully saturated rings. The Kier molecular flexibility index (Phi) is 5.83. The van der Waals surface area contributed by atoms with Gasteiger partial charge in [0.25, 0.3) is 0 Å². The fourth-order valence-electron chi connectivity index (χ4n) is 2.59. The number of ether oxygens (including phenoxy) is 1. The fraction of sp³-hybridized carbons (Fsp3) is 0.600. The number of rotatable bonds is 5. The van der Waals surface area contributed by atoms with Gasteiger partial charge in [0.15, 0.2) is 0 Å². The third-order valence-corrected chi connectivity index (χ3v) is 5.17. The molecule has 3 nitrogen and oxygen atoms in total. The minimum atomic E-state index is 0.190. The predicted octanol–water partition coefficient (Wildman–Crippen LogP) is 3.24. The molecule has 3 N–H and O–H groups in total. The van der Waals surface area contributed by atoms with E-state index in [1.807, 2.05) is 7.05 Å². The van der Waals surface area contributed by atoms with Gasteiger partial charge in [0.2, 0.25) is 0 Å². The normalized spacial score (nSPS) is 14.3. The molecule has 0 aromatic heterocycles. The predicted molar refractivity (Wildman–Crippen MR) is 84.9 cm³/mol. The van der Waals surface area contributed by atoms with Crippen LogP contribution in [0.1, 0.15) is 35.2 Å². The molecule has 0 saturated heterocycles. The van der Waals surface area contributed by atoms with Crippen LogP contribution in [0.25, 0.3) is 0 Å². The van der Waals surface area contributed by atoms with Crippen LogP contribution in [0.2, 0.25) is 0 Å². The molecule has 0 bridgehead atoms. The van der Waals surface area contributed by atoms with Crippen molar-refractivity contribution in [3.8, 4) is 5.75 Å². The number of nitrogens with two attached hydrogens (primary N) is 1. The van der Waals surface area contributed by atoms with Crippen molar-refractivity contribution >= 4 is 15.9 Å². The van der Waals surface area contributed by atoms with Crippen LogP contribution in [0, 0.1) is 26.7 Å². The summed E-state index contributed by atoms with van der Waals surface area (Å²) >= 11 is 3.70. The molecular weight excluding hydrogens is 304 g/mol. The highest BCUT2D eigenvalue weighted by Crippen LogP contribution is 2.41. The zero-order valence-electron chi connectivity index (χ0n) is 12.7. The van der Waals surface area contributed by atoms with Crippen LogP contribution < -0.4 is 15.8 Å². The lowest BCUT2D eigenvalue weighted by molar-refractivity contribution is 0.370. The number of hydrogen-bond acceptors (Lipinski definition) is 3. The molecule has 0 aliphatic rings. The van der Waals surface area contributed by atoms with Gasteiger partial charge in [-0.25, -0.2) is 0 Å². The zero-order chi connectivity index (χ0) is 14.7. The molecule has 0 aliphatic carbocycles. The van der Waals surface area contributed by atoms with Crippen LogP contribution in [-0.2, 0) is 0 Å². The van der Waals surface area contributed by atoms with Crippen molar-refractivity contribution in [1.82, 2.24) is 5.32 Å². The minimum absolute atomic E-state index is 0.190. The molecule has 4 heteroatoms. The Labute approximate surface area is 125 Å². The van der Waals surface area contributed by atoms with E-state index in [0.29, 0.717) is 12.5 Å². The standard InChI is InChI=1S/C15H25BrN2O/c1-8(7-17)14(18-5)12-11(4)13(16)9(2)10(3)15(12)19-6/h8,14,18H,7,17H2,1-6H3. The summed E-state index contributed by atoms with van der Waals surface area (Å²) in [5, 5.41) is 3.38. The van der Waals surface area contributed by atoms with Crippen molar-refractivity contribution in [3.05, 3.63) is 26.7 Å². The first-order chi connectivity index (χ1) is 8.90. The Hall–Kier alpha value is -0.580. The van der Waals surface area contributed by atoms with E-state index in [-0.39, 0.29) is 6.04 Å². The van der Waals surface area contributed by atoms with Gasteiger partial charge in [-0.1, -0.05) is 22.9 Å². The Balaban J connectivity index is 3.56. The Morgan fingerprint density at radius 1 is 1.21 bits per heavy atom. The maximum atomic E-state index is 5.84. The lowest BCUT2D eigenvalue weighted by Gasteiger charge is -2.28. The molecule has 108 valence electrons. The number of nitrogens with one attached hydrogen (secondary N) is 1. The summed E-state index contributed by atoms with van der Waals surface area (Å²) in [6.07, 6.45) is 0. The second kappa shape index (κ2) is 6.73. The van der Waals surface area contributed by atoms with Gasteiger partial charge in [-0.05, 0) is 57.0 Å². The topological polar surface area (TPSA) is 47.3 Å². The third kappa shape index (κ3) is 2.96. The minimum Gasteiger partial charge on any atom is -0.496 e. The Bertz CT molecular complexity index is 460. The highest BCUT2D eigenvalue weighted by atomic mass is 79.9. The van der Waals surface area contributed by atoms with E-state index in [4.69, 9.17) is 10.5 Å². The average Bonchev–Trinajstić information content (AvgIpc) is 2.42. The van der Waals surface area contributed by atoms with E-state index in [9.17, 15) is 0 Å². The largest absolute Gasteiger partial charge is 0.496 e. The van der Waals surface area contributed by atoms with Crippen LogP contribution in [0.4, 0.5) is 0 Å². The smallest absolute Gasteiger partial charge is 0.127 e. The zero-order valence-corrected chi connectivity index (χ0v) is 14.3. The number of halogens is 1. The van der Waals surface area contributed by atoms with Gasteiger partial charge in [-0.2, -0.15) is 0 Å².